The number of carbonyl (C=O) groups excluding carboxylic acids is 3. The minimum Gasteiger partial charge on any atom is -0.454 e. The molecule has 2 fully saturated rings. The van der Waals surface area contributed by atoms with Crippen LogP contribution in [0.4, 0.5) is 15.8 Å². The monoisotopic (exact) mass is 587 g/mol. The number of anilines is 2. The predicted octanol–water partition coefficient (Wildman–Crippen LogP) is 3.77. The Morgan fingerprint density at radius 1 is 0.767 bits per heavy atom. The molecule has 4 N–H and O–H groups in total. The average Bonchev–Trinajstić information content (AvgIpc) is 3.50. The van der Waals surface area contributed by atoms with Crippen molar-refractivity contribution in [3.05, 3.63) is 83.2 Å². The lowest BCUT2D eigenvalue weighted by Gasteiger charge is -2.37. The van der Waals surface area contributed by atoms with Gasteiger partial charge in [0.1, 0.15) is 5.82 Å². The fourth-order valence-corrected chi connectivity index (χ4v) is 5.74. The second-order valence-electron chi connectivity index (χ2n) is 11.1. The standard InChI is InChI=1S/C32H34FN5O5/c33-23-5-1-20(2-6-23)32(41)38-15-13-37(14-16-38)27-11-3-21(30(39)35-25-9-7-24(34)8-10-25)17-26(27)36-31(40)22-4-12-28-29(18-22)43-19-42-28/h1-6,11-12,17-18,24-25H,7-10,13-16,19,34H2,(H,35,39)(H,36,40). The molecule has 43 heavy (non-hydrogen) atoms. The van der Waals surface area contributed by atoms with Crippen LogP contribution in [0.15, 0.2) is 60.7 Å². The van der Waals surface area contributed by atoms with Crippen molar-refractivity contribution in [3.63, 3.8) is 0 Å². The molecule has 0 spiro atoms. The fourth-order valence-electron chi connectivity index (χ4n) is 5.74. The zero-order chi connectivity index (χ0) is 29.9. The van der Waals surface area contributed by atoms with Gasteiger partial charge in [0.15, 0.2) is 11.5 Å². The highest BCUT2D eigenvalue weighted by atomic mass is 19.1. The minimum absolute atomic E-state index is 0.0605. The number of nitrogens with two attached hydrogens (primary N) is 1. The van der Waals surface area contributed by atoms with Crippen molar-refractivity contribution in [3.8, 4) is 11.5 Å². The van der Waals surface area contributed by atoms with Crippen LogP contribution in [0.5, 0.6) is 11.5 Å². The molecular formula is C32H34FN5O5. The first-order valence-corrected chi connectivity index (χ1v) is 14.6. The molecule has 1 saturated heterocycles. The van der Waals surface area contributed by atoms with Gasteiger partial charge in [-0.25, -0.2) is 4.39 Å². The maximum absolute atomic E-state index is 13.4. The number of hydrogen-bond donors (Lipinski definition) is 3. The van der Waals surface area contributed by atoms with Crippen LogP contribution in [0.3, 0.4) is 0 Å². The number of nitrogens with one attached hydrogen (secondary N) is 2. The molecule has 3 aromatic carbocycles. The Morgan fingerprint density at radius 2 is 1.42 bits per heavy atom. The van der Waals surface area contributed by atoms with Crippen LogP contribution < -0.4 is 30.7 Å². The Labute approximate surface area is 248 Å². The molecule has 3 aliphatic rings. The first-order chi connectivity index (χ1) is 20.8. The first-order valence-electron chi connectivity index (χ1n) is 14.6. The molecule has 6 rings (SSSR count). The maximum Gasteiger partial charge on any atom is 0.255 e. The first kappa shape index (κ1) is 28.5. The summed E-state index contributed by atoms with van der Waals surface area (Å²) >= 11 is 0. The quantitative estimate of drug-likeness (QED) is 0.401. The molecule has 10 nitrogen and oxygen atoms in total. The van der Waals surface area contributed by atoms with E-state index in [0.29, 0.717) is 60.1 Å². The molecule has 0 radical (unpaired) electrons. The zero-order valence-corrected chi connectivity index (χ0v) is 23.7. The van der Waals surface area contributed by atoms with E-state index in [-0.39, 0.29) is 36.6 Å². The summed E-state index contributed by atoms with van der Waals surface area (Å²) in [6.07, 6.45) is 3.41. The molecule has 3 aromatic rings. The van der Waals surface area contributed by atoms with Crippen molar-refractivity contribution in [2.75, 3.05) is 43.2 Å². The summed E-state index contributed by atoms with van der Waals surface area (Å²) in [7, 11) is 0. The highest BCUT2D eigenvalue weighted by Crippen LogP contribution is 2.34. The molecule has 0 unspecified atom stereocenters. The lowest BCUT2D eigenvalue weighted by molar-refractivity contribution is 0.0746. The Bertz CT molecular complexity index is 1520. The highest BCUT2D eigenvalue weighted by molar-refractivity contribution is 6.07. The third-order valence-corrected chi connectivity index (χ3v) is 8.25. The van der Waals surface area contributed by atoms with Gasteiger partial charge < -0.3 is 35.6 Å². The number of benzene rings is 3. The summed E-state index contributed by atoms with van der Waals surface area (Å²) in [5, 5.41) is 6.11. The van der Waals surface area contributed by atoms with E-state index in [0.717, 1.165) is 31.4 Å². The largest absolute Gasteiger partial charge is 0.454 e. The van der Waals surface area contributed by atoms with Crippen molar-refractivity contribution < 1.29 is 28.2 Å². The van der Waals surface area contributed by atoms with E-state index in [1.54, 1.807) is 35.2 Å². The second-order valence-corrected chi connectivity index (χ2v) is 11.1. The van der Waals surface area contributed by atoms with Crippen molar-refractivity contribution in [2.24, 2.45) is 5.73 Å². The maximum atomic E-state index is 13.4. The summed E-state index contributed by atoms with van der Waals surface area (Å²) in [4.78, 5) is 43.4. The van der Waals surface area contributed by atoms with E-state index >= 15 is 0 Å². The van der Waals surface area contributed by atoms with Crippen molar-refractivity contribution >= 4 is 29.1 Å². The SMILES string of the molecule is NC1CCC(NC(=O)c2ccc(N3CCN(C(=O)c4ccc(F)cc4)CC3)c(NC(=O)c3ccc4c(c3)OCO4)c2)CC1. The number of nitrogens with zero attached hydrogens (tertiary/aromatic N) is 2. The smallest absolute Gasteiger partial charge is 0.255 e. The number of halogens is 1. The summed E-state index contributed by atoms with van der Waals surface area (Å²) in [6, 6.07) is 16.0. The summed E-state index contributed by atoms with van der Waals surface area (Å²) in [5.74, 6) is -0.0463. The van der Waals surface area contributed by atoms with E-state index in [2.05, 4.69) is 15.5 Å². The third-order valence-electron chi connectivity index (χ3n) is 8.25. The Kier molecular flexibility index (Phi) is 8.15. The van der Waals surface area contributed by atoms with Gasteiger partial charge in [0, 0.05) is 55.0 Å². The van der Waals surface area contributed by atoms with Crippen LogP contribution >= 0.6 is 0 Å². The van der Waals surface area contributed by atoms with Gasteiger partial charge in [-0.3, -0.25) is 14.4 Å². The molecule has 1 aliphatic carbocycles. The van der Waals surface area contributed by atoms with Crippen molar-refractivity contribution in [1.29, 1.82) is 0 Å². The van der Waals surface area contributed by atoms with E-state index in [1.165, 1.54) is 24.3 Å². The number of hydrogen-bond acceptors (Lipinski definition) is 7. The Morgan fingerprint density at radius 3 is 2.16 bits per heavy atom. The molecule has 2 heterocycles. The topological polar surface area (TPSA) is 126 Å². The van der Waals surface area contributed by atoms with Gasteiger partial charge in [-0.15, -0.1) is 0 Å². The highest BCUT2D eigenvalue weighted by Gasteiger charge is 2.26. The number of rotatable bonds is 6. The normalized spacial score (nSPS) is 19.6. The molecule has 3 amide bonds. The molecule has 0 aromatic heterocycles. The van der Waals surface area contributed by atoms with Gasteiger partial charge in [0.2, 0.25) is 6.79 Å². The summed E-state index contributed by atoms with van der Waals surface area (Å²) in [5.41, 5.74) is 8.50. The van der Waals surface area contributed by atoms with Crippen LogP contribution in [0.1, 0.15) is 56.8 Å². The van der Waals surface area contributed by atoms with E-state index in [1.807, 2.05) is 6.07 Å². The van der Waals surface area contributed by atoms with Crippen LogP contribution in [-0.4, -0.2) is 67.7 Å². The number of carbonyl (C=O) groups is 3. The molecule has 224 valence electrons. The van der Waals surface area contributed by atoms with E-state index in [9.17, 15) is 18.8 Å². The van der Waals surface area contributed by atoms with Gasteiger partial charge in [-0.1, -0.05) is 0 Å². The Hall–Kier alpha value is -4.64. The van der Waals surface area contributed by atoms with Gasteiger partial charge in [-0.2, -0.15) is 0 Å². The van der Waals surface area contributed by atoms with E-state index < -0.39 is 5.82 Å². The van der Waals surface area contributed by atoms with E-state index in [4.69, 9.17) is 15.2 Å². The van der Waals surface area contributed by atoms with Crippen molar-refractivity contribution in [1.82, 2.24) is 10.2 Å². The molecular weight excluding hydrogens is 553 g/mol. The summed E-state index contributed by atoms with van der Waals surface area (Å²) in [6.45, 7) is 2.00. The minimum atomic E-state index is -0.392. The lowest BCUT2D eigenvalue weighted by atomic mass is 9.91. The molecule has 11 heteroatoms. The zero-order valence-electron chi connectivity index (χ0n) is 23.7. The third kappa shape index (κ3) is 6.41. The van der Waals surface area contributed by atoms with Gasteiger partial charge in [0.25, 0.3) is 17.7 Å². The van der Waals surface area contributed by atoms with Gasteiger partial charge in [0.05, 0.1) is 11.4 Å². The van der Waals surface area contributed by atoms with Crippen LogP contribution in [0.25, 0.3) is 0 Å². The van der Waals surface area contributed by atoms with Gasteiger partial charge in [-0.05, 0) is 86.3 Å². The van der Waals surface area contributed by atoms with Crippen LogP contribution in [-0.2, 0) is 0 Å². The van der Waals surface area contributed by atoms with Crippen molar-refractivity contribution in [2.45, 2.75) is 37.8 Å². The Balaban J connectivity index is 1.20. The average molecular weight is 588 g/mol. The number of piperazine rings is 1. The summed E-state index contributed by atoms with van der Waals surface area (Å²) < 4.78 is 24.1. The molecule has 1 saturated carbocycles. The van der Waals surface area contributed by atoms with Crippen LogP contribution in [0, 0.1) is 5.82 Å². The second kappa shape index (κ2) is 12.3. The molecule has 0 atom stereocenters. The number of amides is 3. The fraction of sp³-hybridized carbons (Fsp3) is 0.344. The van der Waals surface area contributed by atoms with Crippen LogP contribution in [0.2, 0.25) is 0 Å². The predicted molar refractivity (Wildman–Crippen MR) is 159 cm³/mol. The molecule has 2 aliphatic heterocycles. The number of ether oxygens (including phenoxy) is 2. The molecule has 0 bridgehead atoms. The lowest BCUT2D eigenvalue weighted by Crippen LogP contribution is -2.49. The number of fused-ring (bicyclic) bond motifs is 1. The van der Waals surface area contributed by atoms with Gasteiger partial charge >= 0.3 is 0 Å².